The van der Waals surface area contributed by atoms with Crippen LogP contribution in [0.15, 0.2) is 0 Å². The second-order valence-electron chi connectivity index (χ2n) is 1.91. The molecule has 10 heavy (non-hydrogen) atoms. The van der Waals surface area contributed by atoms with Gasteiger partial charge in [-0.05, 0) is 6.42 Å². The molecule has 0 aliphatic heterocycles. The zero-order chi connectivity index (χ0) is 7.82. The van der Waals surface area contributed by atoms with Crippen molar-refractivity contribution in [2.75, 3.05) is 13.7 Å². The Kier molecular flexibility index (Phi) is 5.45. The average Bonchev–Trinajstić information content (AvgIpc) is 1.98. The lowest BCUT2D eigenvalue weighted by Gasteiger charge is -1.94. The van der Waals surface area contributed by atoms with Crippen molar-refractivity contribution in [1.29, 1.82) is 0 Å². The fourth-order valence-electron chi connectivity index (χ4n) is 0.562. The van der Waals surface area contributed by atoms with E-state index in [1.165, 1.54) is 7.11 Å². The van der Waals surface area contributed by atoms with Crippen molar-refractivity contribution in [2.45, 2.75) is 19.3 Å². The van der Waals surface area contributed by atoms with E-state index in [2.05, 4.69) is 9.58 Å². The number of esters is 1. The van der Waals surface area contributed by atoms with Gasteiger partial charge < -0.3 is 9.58 Å². The Balaban J connectivity index is 3.05. The molecule has 3 heteroatoms. The van der Waals surface area contributed by atoms with Gasteiger partial charge in [0.05, 0.1) is 7.11 Å². The second-order valence-corrected chi connectivity index (χ2v) is 1.91. The van der Waals surface area contributed by atoms with Gasteiger partial charge in [0.15, 0.2) is 0 Å². The summed E-state index contributed by atoms with van der Waals surface area (Å²) in [6.45, 7) is 6.95. The summed E-state index contributed by atoms with van der Waals surface area (Å²) in [4.78, 5) is 13.6. The van der Waals surface area contributed by atoms with Crippen LogP contribution >= 0.6 is 0 Å². The van der Waals surface area contributed by atoms with Crippen LogP contribution in [0.2, 0.25) is 0 Å². The molecule has 0 aliphatic carbocycles. The van der Waals surface area contributed by atoms with Gasteiger partial charge in [-0.25, -0.2) is 6.57 Å². The predicted molar refractivity (Wildman–Crippen MR) is 37.3 cm³/mol. The smallest absolute Gasteiger partial charge is 0.305 e. The van der Waals surface area contributed by atoms with Crippen molar-refractivity contribution in [3.63, 3.8) is 0 Å². The Labute approximate surface area is 60.8 Å². The number of carbonyl (C=O) groups excluding carboxylic acids is 1. The number of rotatable bonds is 4. The Hall–Kier alpha value is -1.04. The fraction of sp³-hybridized carbons (Fsp3) is 0.714. The number of unbranched alkanes of at least 4 members (excludes halogenated alkanes) is 1. The Bertz CT molecular complexity index is 137. The van der Waals surface area contributed by atoms with E-state index in [0.717, 1.165) is 12.8 Å². The van der Waals surface area contributed by atoms with Gasteiger partial charge in [-0.3, -0.25) is 4.79 Å². The third-order valence-corrected chi connectivity index (χ3v) is 1.13. The molecule has 0 atom stereocenters. The lowest BCUT2D eigenvalue weighted by molar-refractivity contribution is -0.140. The molecule has 0 radical (unpaired) electrons. The van der Waals surface area contributed by atoms with Gasteiger partial charge >= 0.3 is 5.97 Å². The van der Waals surface area contributed by atoms with E-state index in [-0.39, 0.29) is 5.97 Å². The number of hydrogen-bond donors (Lipinski definition) is 0. The molecule has 0 aliphatic rings. The molecule has 0 aromatic rings. The molecule has 0 N–H and O–H groups in total. The van der Waals surface area contributed by atoms with Crippen LogP contribution in [0.3, 0.4) is 0 Å². The average molecular weight is 141 g/mol. The first-order valence-corrected chi connectivity index (χ1v) is 3.21. The van der Waals surface area contributed by atoms with Gasteiger partial charge in [-0.15, -0.1) is 0 Å². The van der Waals surface area contributed by atoms with E-state index in [4.69, 9.17) is 6.57 Å². The zero-order valence-electron chi connectivity index (χ0n) is 6.09. The summed E-state index contributed by atoms with van der Waals surface area (Å²) in [5.74, 6) is -0.190. The van der Waals surface area contributed by atoms with Crippen LogP contribution < -0.4 is 0 Å². The monoisotopic (exact) mass is 141 g/mol. The Morgan fingerprint density at radius 3 is 2.80 bits per heavy atom. The molecular weight excluding hydrogens is 130 g/mol. The normalized spacial score (nSPS) is 8.40. The minimum absolute atomic E-state index is 0.190. The molecule has 0 spiro atoms. The fourth-order valence-corrected chi connectivity index (χ4v) is 0.562. The highest BCUT2D eigenvalue weighted by molar-refractivity contribution is 5.68. The SMILES string of the molecule is [C-]#[N+]CCCCC(=O)OC. The van der Waals surface area contributed by atoms with Crippen molar-refractivity contribution in [1.82, 2.24) is 0 Å². The summed E-state index contributed by atoms with van der Waals surface area (Å²) >= 11 is 0. The van der Waals surface area contributed by atoms with Crippen molar-refractivity contribution in [3.8, 4) is 0 Å². The third kappa shape index (κ3) is 5.10. The largest absolute Gasteiger partial charge is 0.469 e. The molecule has 0 aromatic heterocycles. The van der Waals surface area contributed by atoms with Crippen molar-refractivity contribution >= 4 is 5.97 Å². The summed E-state index contributed by atoms with van der Waals surface area (Å²) in [7, 11) is 1.37. The molecule has 0 bridgehead atoms. The van der Waals surface area contributed by atoms with Gasteiger partial charge in [0.25, 0.3) is 0 Å². The van der Waals surface area contributed by atoms with Crippen LogP contribution in [0.4, 0.5) is 0 Å². The van der Waals surface area contributed by atoms with E-state index in [1.807, 2.05) is 0 Å². The maximum absolute atomic E-state index is 10.5. The molecule has 0 heterocycles. The van der Waals surface area contributed by atoms with E-state index in [1.54, 1.807) is 0 Å². The molecule has 0 rings (SSSR count). The van der Waals surface area contributed by atoms with Crippen LogP contribution in [-0.2, 0) is 9.53 Å². The van der Waals surface area contributed by atoms with Crippen LogP contribution in [0.1, 0.15) is 19.3 Å². The maximum atomic E-state index is 10.5. The molecule has 0 amide bonds. The molecule has 0 aromatic carbocycles. The first-order valence-electron chi connectivity index (χ1n) is 3.21. The molecule has 0 saturated heterocycles. The van der Waals surface area contributed by atoms with Crippen molar-refractivity contribution in [2.24, 2.45) is 0 Å². The number of methoxy groups -OCH3 is 1. The zero-order valence-corrected chi connectivity index (χ0v) is 6.09. The summed E-state index contributed by atoms with van der Waals surface area (Å²) in [5, 5.41) is 0. The van der Waals surface area contributed by atoms with Gasteiger partial charge in [0, 0.05) is 12.8 Å². The van der Waals surface area contributed by atoms with E-state index in [9.17, 15) is 4.79 Å². The molecule has 56 valence electrons. The minimum Gasteiger partial charge on any atom is -0.469 e. The van der Waals surface area contributed by atoms with Crippen LogP contribution in [0.25, 0.3) is 4.85 Å². The Morgan fingerprint density at radius 2 is 2.30 bits per heavy atom. The molecule has 0 unspecified atom stereocenters. The first-order chi connectivity index (χ1) is 4.81. The van der Waals surface area contributed by atoms with Gasteiger partial charge in [0.2, 0.25) is 6.54 Å². The van der Waals surface area contributed by atoms with E-state index >= 15 is 0 Å². The van der Waals surface area contributed by atoms with Crippen LogP contribution in [0, 0.1) is 6.57 Å². The number of nitrogens with zero attached hydrogens (tertiary/aromatic N) is 1. The topological polar surface area (TPSA) is 30.7 Å². The van der Waals surface area contributed by atoms with Gasteiger partial charge in [0.1, 0.15) is 0 Å². The predicted octanol–water partition coefficient (Wildman–Crippen LogP) is 1.25. The number of carbonyl (C=O) groups is 1. The van der Waals surface area contributed by atoms with E-state index in [0.29, 0.717) is 13.0 Å². The van der Waals surface area contributed by atoms with Crippen molar-refractivity contribution < 1.29 is 9.53 Å². The molecule has 3 nitrogen and oxygen atoms in total. The number of hydrogen-bond acceptors (Lipinski definition) is 2. The lowest BCUT2D eigenvalue weighted by Crippen LogP contribution is -1.99. The van der Waals surface area contributed by atoms with Crippen LogP contribution in [0.5, 0.6) is 0 Å². The van der Waals surface area contributed by atoms with Crippen molar-refractivity contribution in [3.05, 3.63) is 11.4 Å². The Morgan fingerprint density at radius 1 is 1.60 bits per heavy atom. The quantitative estimate of drug-likeness (QED) is 0.335. The number of ether oxygens (including phenoxy) is 1. The highest BCUT2D eigenvalue weighted by Crippen LogP contribution is 1.96. The summed E-state index contributed by atoms with van der Waals surface area (Å²) in [6.07, 6.45) is 1.99. The molecular formula is C7H11NO2. The summed E-state index contributed by atoms with van der Waals surface area (Å²) in [6, 6.07) is 0. The summed E-state index contributed by atoms with van der Waals surface area (Å²) in [5.41, 5.74) is 0. The first kappa shape index (κ1) is 8.96. The van der Waals surface area contributed by atoms with E-state index < -0.39 is 0 Å². The highest BCUT2D eigenvalue weighted by atomic mass is 16.5. The molecule has 0 saturated carbocycles. The third-order valence-electron chi connectivity index (χ3n) is 1.13. The van der Waals surface area contributed by atoms with Crippen LogP contribution in [-0.4, -0.2) is 19.6 Å². The second kappa shape index (κ2) is 6.09. The standard InChI is InChI=1S/C7H11NO2/c1-8-6-4-3-5-7(9)10-2/h3-6H2,2H3. The van der Waals surface area contributed by atoms with Gasteiger partial charge in [-0.1, -0.05) is 0 Å². The highest BCUT2D eigenvalue weighted by Gasteiger charge is 1.98. The summed E-state index contributed by atoms with van der Waals surface area (Å²) < 4.78 is 4.41. The lowest BCUT2D eigenvalue weighted by atomic mass is 10.2. The van der Waals surface area contributed by atoms with Gasteiger partial charge in [-0.2, -0.15) is 0 Å². The minimum atomic E-state index is -0.190. The molecule has 0 fully saturated rings. The maximum Gasteiger partial charge on any atom is 0.305 e.